The van der Waals surface area contributed by atoms with Gasteiger partial charge in [-0.25, -0.2) is 4.99 Å². The summed E-state index contributed by atoms with van der Waals surface area (Å²) >= 11 is 0. The number of nitrogens with one attached hydrogen (secondary N) is 1. The Morgan fingerprint density at radius 1 is 1.12 bits per heavy atom. The maximum atomic E-state index is 5.43. The molecule has 8 nitrogen and oxygen atoms in total. The summed E-state index contributed by atoms with van der Waals surface area (Å²) in [6.45, 7) is 12.3. The molecule has 1 fully saturated rings. The number of ether oxygens (including phenoxy) is 2. The summed E-state index contributed by atoms with van der Waals surface area (Å²) in [5, 5.41) is 7.53. The molecule has 0 radical (unpaired) electrons. The number of hydrogen-bond acceptors (Lipinski definition) is 6. The second kappa shape index (κ2) is 12.9. The van der Waals surface area contributed by atoms with Crippen molar-refractivity contribution in [2.75, 3.05) is 46.9 Å². The van der Waals surface area contributed by atoms with E-state index in [1.54, 1.807) is 14.2 Å². The van der Waals surface area contributed by atoms with Crippen molar-refractivity contribution in [2.24, 2.45) is 4.99 Å². The zero-order valence-electron chi connectivity index (χ0n) is 19.8. The molecule has 1 aromatic carbocycles. The molecule has 2 aromatic rings. The number of hydrogen-bond donors (Lipinski definition) is 1. The fourth-order valence-electron chi connectivity index (χ4n) is 3.61. The summed E-state index contributed by atoms with van der Waals surface area (Å²) in [5.41, 5.74) is 2.19. The number of nitrogens with zero attached hydrogens (tertiary/aromatic N) is 4. The third kappa shape index (κ3) is 6.99. The van der Waals surface area contributed by atoms with Gasteiger partial charge in [-0.2, -0.15) is 0 Å². The summed E-state index contributed by atoms with van der Waals surface area (Å²) in [6.07, 6.45) is 0. The van der Waals surface area contributed by atoms with Gasteiger partial charge in [-0.3, -0.25) is 4.90 Å². The number of benzene rings is 1. The molecule has 0 amide bonds. The third-order valence-corrected chi connectivity index (χ3v) is 5.41. The molecule has 3 rings (SSSR count). The zero-order valence-corrected chi connectivity index (χ0v) is 22.1. The van der Waals surface area contributed by atoms with Crippen molar-refractivity contribution in [3.63, 3.8) is 0 Å². The van der Waals surface area contributed by atoms with Crippen LogP contribution in [0, 0.1) is 0 Å². The van der Waals surface area contributed by atoms with E-state index >= 15 is 0 Å². The Morgan fingerprint density at radius 2 is 1.84 bits per heavy atom. The minimum Gasteiger partial charge on any atom is -0.493 e. The van der Waals surface area contributed by atoms with E-state index in [4.69, 9.17) is 19.0 Å². The lowest BCUT2D eigenvalue weighted by Gasteiger charge is -2.36. The first-order chi connectivity index (χ1) is 15.0. The van der Waals surface area contributed by atoms with Gasteiger partial charge in [0, 0.05) is 45.3 Å². The lowest BCUT2D eigenvalue weighted by molar-refractivity contribution is 0.172. The fraction of sp³-hybridized carbons (Fsp3) is 0.565. The predicted octanol–water partition coefficient (Wildman–Crippen LogP) is 3.72. The van der Waals surface area contributed by atoms with Gasteiger partial charge in [0.2, 0.25) is 0 Å². The first kappa shape index (κ1) is 26.2. The summed E-state index contributed by atoms with van der Waals surface area (Å²) < 4.78 is 16.2. The monoisotopic (exact) mass is 557 g/mol. The highest BCUT2D eigenvalue weighted by atomic mass is 127. The van der Waals surface area contributed by atoms with Crippen LogP contribution in [-0.2, 0) is 13.1 Å². The zero-order chi connectivity index (χ0) is 22.2. The summed E-state index contributed by atoms with van der Waals surface area (Å²) in [6, 6.07) is 8.12. The molecule has 2 heterocycles. The largest absolute Gasteiger partial charge is 0.493 e. The third-order valence-electron chi connectivity index (χ3n) is 5.41. The molecule has 178 valence electrons. The fourth-order valence-corrected chi connectivity index (χ4v) is 3.61. The predicted molar refractivity (Wildman–Crippen MR) is 137 cm³/mol. The van der Waals surface area contributed by atoms with E-state index in [-0.39, 0.29) is 24.0 Å². The molecule has 1 saturated heterocycles. The second-order valence-corrected chi connectivity index (χ2v) is 8.00. The molecule has 32 heavy (non-hydrogen) atoms. The van der Waals surface area contributed by atoms with E-state index < -0.39 is 0 Å². The van der Waals surface area contributed by atoms with Crippen LogP contribution in [0.3, 0.4) is 0 Å². The van der Waals surface area contributed by atoms with Gasteiger partial charge in [0.15, 0.2) is 23.2 Å². The summed E-state index contributed by atoms with van der Waals surface area (Å²) in [4.78, 5) is 9.54. The van der Waals surface area contributed by atoms with Crippen molar-refractivity contribution in [1.29, 1.82) is 0 Å². The van der Waals surface area contributed by atoms with Crippen LogP contribution >= 0.6 is 24.0 Å². The maximum Gasteiger partial charge on any atom is 0.194 e. The van der Waals surface area contributed by atoms with Crippen molar-refractivity contribution in [3.8, 4) is 11.5 Å². The molecule has 1 aliphatic rings. The van der Waals surface area contributed by atoms with Crippen molar-refractivity contribution in [2.45, 2.75) is 39.8 Å². The molecule has 1 N–H and O–H groups in total. The second-order valence-electron chi connectivity index (χ2n) is 8.00. The van der Waals surface area contributed by atoms with Crippen LogP contribution in [0.5, 0.6) is 11.5 Å². The number of methoxy groups -OCH3 is 2. The molecule has 9 heteroatoms. The lowest BCUT2D eigenvalue weighted by atomic mass is 10.1. The molecular formula is C23H36IN5O3. The Hall–Kier alpha value is -2.01. The van der Waals surface area contributed by atoms with Gasteiger partial charge >= 0.3 is 0 Å². The molecule has 0 atom stereocenters. The van der Waals surface area contributed by atoms with E-state index in [0.717, 1.165) is 68.2 Å². The standard InChI is InChI=1S/C23H35N5O3.HI/c1-6-24-23(25-15-19-14-20(17(2)3)26-31-19)28-11-9-27(10-12-28)16-18-7-8-21(29-4)22(13-18)30-5;/h7-8,13-14,17H,6,9-12,15-16H2,1-5H3,(H,24,25);1H. The van der Waals surface area contributed by atoms with Crippen molar-refractivity contribution in [1.82, 2.24) is 20.3 Å². The van der Waals surface area contributed by atoms with Crippen LogP contribution in [-0.4, -0.2) is 67.9 Å². The first-order valence-corrected chi connectivity index (χ1v) is 11.0. The minimum absolute atomic E-state index is 0. The van der Waals surface area contributed by atoms with Gasteiger partial charge in [0.05, 0.1) is 19.9 Å². The van der Waals surface area contributed by atoms with Crippen LogP contribution in [0.2, 0.25) is 0 Å². The van der Waals surface area contributed by atoms with Gasteiger partial charge in [-0.1, -0.05) is 25.1 Å². The molecule has 0 aliphatic carbocycles. The molecule has 1 aliphatic heterocycles. The highest BCUT2D eigenvalue weighted by Gasteiger charge is 2.20. The minimum atomic E-state index is 0. The van der Waals surface area contributed by atoms with Crippen molar-refractivity contribution in [3.05, 3.63) is 41.3 Å². The van der Waals surface area contributed by atoms with Gasteiger partial charge < -0.3 is 24.2 Å². The van der Waals surface area contributed by atoms with E-state index in [1.807, 2.05) is 12.1 Å². The maximum absolute atomic E-state index is 5.43. The highest BCUT2D eigenvalue weighted by molar-refractivity contribution is 14.0. The molecule has 1 aromatic heterocycles. The van der Waals surface area contributed by atoms with Crippen LogP contribution < -0.4 is 14.8 Å². The number of halogens is 1. The average molecular weight is 557 g/mol. The number of rotatable bonds is 8. The topological polar surface area (TPSA) is 75.4 Å². The van der Waals surface area contributed by atoms with Gasteiger partial charge in [-0.15, -0.1) is 24.0 Å². The Bertz CT molecular complexity index is 863. The summed E-state index contributed by atoms with van der Waals surface area (Å²) in [7, 11) is 3.33. The Morgan fingerprint density at radius 3 is 2.44 bits per heavy atom. The molecular weight excluding hydrogens is 521 g/mol. The van der Waals surface area contributed by atoms with Crippen LogP contribution in [0.4, 0.5) is 0 Å². The van der Waals surface area contributed by atoms with Crippen LogP contribution in [0.15, 0.2) is 33.8 Å². The molecule has 0 spiro atoms. The molecule has 0 bridgehead atoms. The first-order valence-electron chi connectivity index (χ1n) is 11.0. The number of aromatic nitrogens is 1. The Labute approximate surface area is 208 Å². The van der Waals surface area contributed by atoms with Crippen LogP contribution in [0.25, 0.3) is 0 Å². The van der Waals surface area contributed by atoms with Crippen LogP contribution in [0.1, 0.15) is 43.7 Å². The SMILES string of the molecule is CCNC(=NCc1cc(C(C)C)no1)N1CCN(Cc2ccc(OC)c(OC)c2)CC1.I. The average Bonchev–Trinajstić information content (AvgIpc) is 3.26. The van der Waals surface area contributed by atoms with Crippen molar-refractivity contribution >= 4 is 29.9 Å². The van der Waals surface area contributed by atoms with E-state index in [2.05, 4.69) is 53.2 Å². The molecule has 0 saturated carbocycles. The van der Waals surface area contributed by atoms with Crippen molar-refractivity contribution < 1.29 is 14.0 Å². The van der Waals surface area contributed by atoms with Gasteiger partial charge in [0.25, 0.3) is 0 Å². The number of guanidine groups is 1. The number of aliphatic imine (C=N–C) groups is 1. The smallest absolute Gasteiger partial charge is 0.194 e. The lowest BCUT2D eigenvalue weighted by Crippen LogP contribution is -2.52. The Balaban J connectivity index is 0.00000363. The van der Waals surface area contributed by atoms with Gasteiger partial charge in [-0.05, 0) is 30.5 Å². The normalized spacial score (nSPS) is 14.9. The van der Waals surface area contributed by atoms with E-state index in [0.29, 0.717) is 12.5 Å². The quantitative estimate of drug-likeness (QED) is 0.301. The summed E-state index contributed by atoms with van der Waals surface area (Å²) in [5.74, 6) is 3.61. The highest BCUT2D eigenvalue weighted by Crippen LogP contribution is 2.28. The Kier molecular flexibility index (Phi) is 10.6. The number of piperazine rings is 1. The molecule has 0 unspecified atom stereocenters. The van der Waals surface area contributed by atoms with E-state index in [1.165, 1.54) is 5.56 Å². The van der Waals surface area contributed by atoms with Gasteiger partial charge in [0.1, 0.15) is 6.54 Å². The van der Waals surface area contributed by atoms with E-state index in [9.17, 15) is 0 Å².